The van der Waals surface area contributed by atoms with Crippen LogP contribution in [0, 0.1) is 5.82 Å². The Morgan fingerprint density at radius 3 is 2.42 bits per heavy atom. The van der Waals surface area contributed by atoms with E-state index >= 15 is 0 Å². The van der Waals surface area contributed by atoms with Crippen LogP contribution in [0.3, 0.4) is 0 Å². The summed E-state index contributed by atoms with van der Waals surface area (Å²) in [5.41, 5.74) is 2.84. The third kappa shape index (κ3) is 4.03. The first-order valence-electron chi connectivity index (χ1n) is 9.85. The number of fused-ring (bicyclic) bond motifs is 1. The Morgan fingerprint density at radius 2 is 1.71 bits per heavy atom. The van der Waals surface area contributed by atoms with Crippen molar-refractivity contribution in [2.24, 2.45) is 0 Å². The molecule has 160 valence electrons. The minimum absolute atomic E-state index is 0.128. The quantitative estimate of drug-likeness (QED) is 0.568. The second kappa shape index (κ2) is 8.86. The summed E-state index contributed by atoms with van der Waals surface area (Å²) in [6, 6.07) is 16.4. The number of benzene rings is 3. The Bertz CT molecular complexity index is 1120. The predicted molar refractivity (Wildman–Crippen MR) is 119 cm³/mol. The van der Waals surface area contributed by atoms with Crippen LogP contribution in [0.5, 0.6) is 11.5 Å². The molecule has 0 unspecified atom stereocenters. The Balaban J connectivity index is 1.80. The summed E-state index contributed by atoms with van der Waals surface area (Å²) in [5, 5.41) is 3.23. The van der Waals surface area contributed by atoms with Gasteiger partial charge in [-0.15, -0.1) is 0 Å². The van der Waals surface area contributed by atoms with Crippen molar-refractivity contribution in [3.8, 4) is 11.5 Å². The molecular formula is C24H22ClFN2O3. The lowest BCUT2D eigenvalue weighted by Gasteiger charge is -2.38. The number of anilines is 1. The van der Waals surface area contributed by atoms with Crippen LogP contribution in [0.15, 0.2) is 60.7 Å². The fourth-order valence-corrected chi connectivity index (χ4v) is 4.19. The molecule has 0 saturated heterocycles. The van der Waals surface area contributed by atoms with Gasteiger partial charge in [-0.3, -0.25) is 0 Å². The van der Waals surface area contributed by atoms with Gasteiger partial charge in [-0.25, -0.2) is 9.18 Å². The van der Waals surface area contributed by atoms with Crippen LogP contribution in [0.2, 0.25) is 5.02 Å². The minimum atomic E-state index is -0.492. The number of ether oxygens (including phenoxy) is 2. The van der Waals surface area contributed by atoms with Gasteiger partial charge < -0.3 is 19.7 Å². The van der Waals surface area contributed by atoms with E-state index in [1.165, 1.54) is 12.1 Å². The number of hydrogen-bond donors (Lipinski definition) is 1. The number of carbonyl (C=O) groups excluding carboxylic acids is 1. The molecule has 0 aliphatic carbocycles. The molecule has 3 aromatic rings. The summed E-state index contributed by atoms with van der Waals surface area (Å²) in [6.45, 7) is 0.429. The van der Waals surface area contributed by atoms with Crippen LogP contribution in [0.25, 0.3) is 0 Å². The van der Waals surface area contributed by atoms with E-state index in [1.807, 2.05) is 30.3 Å². The van der Waals surface area contributed by atoms with Crippen molar-refractivity contribution in [2.75, 3.05) is 26.1 Å². The highest BCUT2D eigenvalue weighted by atomic mass is 35.5. The maximum absolute atomic E-state index is 14.1. The Morgan fingerprint density at radius 1 is 1.03 bits per heavy atom. The molecule has 1 N–H and O–H groups in total. The molecule has 0 saturated carbocycles. The van der Waals surface area contributed by atoms with Crippen molar-refractivity contribution in [1.82, 2.24) is 4.90 Å². The second-order valence-electron chi connectivity index (χ2n) is 7.18. The molecular weight excluding hydrogens is 419 g/mol. The van der Waals surface area contributed by atoms with Crippen LogP contribution in [-0.4, -0.2) is 31.7 Å². The monoisotopic (exact) mass is 440 g/mol. The van der Waals surface area contributed by atoms with Gasteiger partial charge in [0.2, 0.25) is 0 Å². The number of hydrogen-bond acceptors (Lipinski definition) is 3. The zero-order valence-corrected chi connectivity index (χ0v) is 17.9. The van der Waals surface area contributed by atoms with Gasteiger partial charge in [0.05, 0.1) is 25.9 Å². The van der Waals surface area contributed by atoms with Gasteiger partial charge >= 0.3 is 6.03 Å². The molecule has 1 atom stereocenters. The number of rotatable bonds is 4. The average molecular weight is 441 g/mol. The van der Waals surface area contributed by atoms with Gasteiger partial charge in [-0.2, -0.15) is 0 Å². The molecule has 1 aliphatic heterocycles. The van der Waals surface area contributed by atoms with Crippen LogP contribution < -0.4 is 14.8 Å². The van der Waals surface area contributed by atoms with E-state index in [9.17, 15) is 9.18 Å². The maximum atomic E-state index is 14.1. The normalized spacial score (nSPS) is 15.2. The third-order valence-corrected chi connectivity index (χ3v) is 5.79. The zero-order chi connectivity index (χ0) is 22.0. The summed E-state index contributed by atoms with van der Waals surface area (Å²) in [6.07, 6.45) is 0.612. The molecule has 2 amide bonds. The number of amides is 2. The standard InChI is InChI=1S/C24H22ClFN2O3/c1-30-21-13-15-11-12-28(24(29)27-20-10-6-5-9-19(20)26)23(17(15)14-22(21)31-2)16-7-3-4-8-18(16)25/h3-10,13-14,23H,11-12H2,1-2H3,(H,27,29)/t23-/m0/s1. The number of para-hydroxylation sites is 1. The van der Waals surface area contributed by atoms with Crippen molar-refractivity contribution in [2.45, 2.75) is 12.5 Å². The number of halogens is 2. The molecule has 5 nitrogen and oxygen atoms in total. The van der Waals surface area contributed by atoms with Gasteiger partial charge in [0.15, 0.2) is 11.5 Å². The molecule has 1 aliphatic rings. The summed E-state index contributed by atoms with van der Waals surface area (Å²) in [5.74, 6) is 0.701. The third-order valence-electron chi connectivity index (χ3n) is 5.45. The molecule has 0 spiro atoms. The molecule has 4 rings (SSSR count). The lowest BCUT2D eigenvalue weighted by atomic mass is 9.87. The number of methoxy groups -OCH3 is 2. The topological polar surface area (TPSA) is 50.8 Å². The van der Waals surface area contributed by atoms with Gasteiger partial charge in [-0.05, 0) is 53.4 Å². The van der Waals surface area contributed by atoms with Crippen LogP contribution >= 0.6 is 11.6 Å². The molecule has 3 aromatic carbocycles. The van der Waals surface area contributed by atoms with Crippen LogP contribution in [0.1, 0.15) is 22.7 Å². The lowest BCUT2D eigenvalue weighted by molar-refractivity contribution is 0.193. The van der Waals surface area contributed by atoms with E-state index in [0.29, 0.717) is 29.5 Å². The van der Waals surface area contributed by atoms with Crippen molar-refractivity contribution in [3.63, 3.8) is 0 Å². The summed E-state index contributed by atoms with van der Waals surface area (Å²) >= 11 is 6.54. The SMILES string of the molecule is COc1cc2c(cc1OC)[C@H](c1ccccc1Cl)N(C(=O)Nc1ccccc1F)CC2. The van der Waals surface area contributed by atoms with Gasteiger partial charge in [-0.1, -0.05) is 41.9 Å². The predicted octanol–water partition coefficient (Wildman–Crippen LogP) is 5.68. The van der Waals surface area contributed by atoms with Gasteiger partial charge in [0.1, 0.15) is 5.82 Å². The first-order valence-corrected chi connectivity index (χ1v) is 10.2. The zero-order valence-electron chi connectivity index (χ0n) is 17.2. The number of carbonyl (C=O) groups is 1. The second-order valence-corrected chi connectivity index (χ2v) is 7.59. The van der Waals surface area contributed by atoms with Crippen LogP contribution in [-0.2, 0) is 6.42 Å². The van der Waals surface area contributed by atoms with E-state index in [0.717, 1.165) is 16.7 Å². The summed E-state index contributed by atoms with van der Waals surface area (Å²) in [7, 11) is 3.16. The summed E-state index contributed by atoms with van der Waals surface area (Å²) < 4.78 is 25.1. The molecule has 0 bridgehead atoms. The Kier molecular flexibility index (Phi) is 6.00. The molecule has 7 heteroatoms. The van der Waals surface area contributed by atoms with E-state index < -0.39 is 17.9 Å². The largest absolute Gasteiger partial charge is 0.493 e. The smallest absolute Gasteiger partial charge is 0.322 e. The highest BCUT2D eigenvalue weighted by Crippen LogP contribution is 2.42. The van der Waals surface area contributed by atoms with Crippen LogP contribution in [0.4, 0.5) is 14.9 Å². The number of nitrogens with one attached hydrogen (secondary N) is 1. The van der Waals surface area contributed by atoms with E-state index in [4.69, 9.17) is 21.1 Å². The van der Waals surface area contributed by atoms with Gasteiger partial charge in [0, 0.05) is 11.6 Å². The lowest BCUT2D eigenvalue weighted by Crippen LogP contribution is -2.43. The van der Waals surface area contributed by atoms with Crippen molar-refractivity contribution in [3.05, 3.63) is 88.2 Å². The van der Waals surface area contributed by atoms with Crippen molar-refractivity contribution < 1.29 is 18.7 Å². The number of urea groups is 1. The average Bonchev–Trinajstić information content (AvgIpc) is 2.79. The van der Waals surface area contributed by atoms with E-state index in [1.54, 1.807) is 37.3 Å². The number of nitrogens with zero attached hydrogens (tertiary/aromatic N) is 1. The fraction of sp³-hybridized carbons (Fsp3) is 0.208. The minimum Gasteiger partial charge on any atom is -0.493 e. The Labute approximate surface area is 185 Å². The highest BCUT2D eigenvalue weighted by molar-refractivity contribution is 6.31. The van der Waals surface area contributed by atoms with E-state index in [-0.39, 0.29) is 5.69 Å². The molecule has 0 fully saturated rings. The summed E-state index contributed by atoms with van der Waals surface area (Å²) in [4.78, 5) is 14.9. The molecule has 1 heterocycles. The van der Waals surface area contributed by atoms with Crippen molar-refractivity contribution >= 4 is 23.3 Å². The fourth-order valence-electron chi connectivity index (χ4n) is 3.95. The first-order chi connectivity index (χ1) is 15.0. The molecule has 31 heavy (non-hydrogen) atoms. The molecule has 0 aromatic heterocycles. The van der Waals surface area contributed by atoms with E-state index in [2.05, 4.69) is 5.32 Å². The molecule has 0 radical (unpaired) electrons. The first kappa shape index (κ1) is 21.0. The highest BCUT2D eigenvalue weighted by Gasteiger charge is 2.34. The Hall–Kier alpha value is -3.25. The van der Waals surface area contributed by atoms with Gasteiger partial charge in [0.25, 0.3) is 0 Å². The van der Waals surface area contributed by atoms with Crippen molar-refractivity contribution in [1.29, 1.82) is 0 Å². The maximum Gasteiger partial charge on any atom is 0.322 e.